The minimum Gasteiger partial charge on any atom is -0.314 e. The van der Waals surface area contributed by atoms with Crippen molar-refractivity contribution in [2.75, 3.05) is 6.54 Å². The number of benzene rings is 1. The van der Waals surface area contributed by atoms with Gasteiger partial charge in [0.05, 0.1) is 0 Å². The van der Waals surface area contributed by atoms with Crippen molar-refractivity contribution in [2.24, 2.45) is 0 Å². The summed E-state index contributed by atoms with van der Waals surface area (Å²) in [5.74, 6) is 0. The zero-order valence-corrected chi connectivity index (χ0v) is 14.3. The third-order valence-corrected chi connectivity index (χ3v) is 5.16. The average molecular weight is 301 g/mol. The third-order valence-electron chi connectivity index (χ3n) is 3.91. The first-order valence-electron chi connectivity index (χ1n) is 8.07. The fourth-order valence-electron chi connectivity index (χ4n) is 2.63. The van der Waals surface area contributed by atoms with Crippen LogP contribution in [0.3, 0.4) is 0 Å². The van der Waals surface area contributed by atoms with E-state index in [1.807, 2.05) is 11.3 Å². The molecule has 0 fully saturated rings. The number of aryl methyl sites for hydroxylation is 3. The molecule has 1 heterocycles. The summed E-state index contributed by atoms with van der Waals surface area (Å²) in [7, 11) is 0. The fourth-order valence-corrected chi connectivity index (χ4v) is 3.66. The molecule has 0 aliphatic rings. The van der Waals surface area contributed by atoms with Gasteiger partial charge in [-0.1, -0.05) is 43.7 Å². The topological polar surface area (TPSA) is 12.0 Å². The van der Waals surface area contributed by atoms with Gasteiger partial charge in [-0.25, -0.2) is 0 Å². The number of hydrogen-bond donors (Lipinski definition) is 1. The van der Waals surface area contributed by atoms with E-state index < -0.39 is 0 Å². The van der Waals surface area contributed by atoms with E-state index in [1.165, 1.54) is 27.3 Å². The molecule has 1 nitrogen and oxygen atoms in total. The van der Waals surface area contributed by atoms with Gasteiger partial charge in [0.2, 0.25) is 0 Å². The first-order chi connectivity index (χ1) is 10.2. The van der Waals surface area contributed by atoms with E-state index in [2.05, 4.69) is 62.5 Å². The van der Waals surface area contributed by atoms with E-state index in [9.17, 15) is 0 Å². The van der Waals surface area contributed by atoms with Gasteiger partial charge in [0.1, 0.15) is 0 Å². The SMILES string of the molecule is CCNC(CCc1ccc(C)cc1)Cc1ccc(CC)s1. The smallest absolute Gasteiger partial charge is 0.0118 e. The molecule has 0 spiro atoms. The van der Waals surface area contributed by atoms with Gasteiger partial charge in [0.25, 0.3) is 0 Å². The second-order valence-electron chi connectivity index (χ2n) is 5.70. The molecule has 21 heavy (non-hydrogen) atoms. The second-order valence-corrected chi connectivity index (χ2v) is 6.96. The molecule has 0 bridgehead atoms. The third kappa shape index (κ3) is 5.29. The van der Waals surface area contributed by atoms with E-state index in [-0.39, 0.29) is 0 Å². The number of nitrogens with one attached hydrogen (secondary N) is 1. The van der Waals surface area contributed by atoms with Crippen LogP contribution in [0, 0.1) is 6.92 Å². The summed E-state index contributed by atoms with van der Waals surface area (Å²) in [4.78, 5) is 3.01. The number of hydrogen-bond acceptors (Lipinski definition) is 2. The summed E-state index contributed by atoms with van der Waals surface area (Å²) < 4.78 is 0. The first-order valence-corrected chi connectivity index (χ1v) is 8.89. The van der Waals surface area contributed by atoms with Crippen molar-refractivity contribution in [3.63, 3.8) is 0 Å². The van der Waals surface area contributed by atoms with Gasteiger partial charge in [-0.2, -0.15) is 0 Å². The minimum absolute atomic E-state index is 0.583. The number of rotatable bonds is 8. The molecular formula is C19H27NS. The van der Waals surface area contributed by atoms with Crippen LogP contribution in [-0.4, -0.2) is 12.6 Å². The van der Waals surface area contributed by atoms with Crippen LogP contribution < -0.4 is 5.32 Å². The molecule has 0 saturated carbocycles. The molecule has 0 amide bonds. The van der Waals surface area contributed by atoms with Gasteiger partial charge < -0.3 is 5.32 Å². The molecule has 1 unspecified atom stereocenters. The minimum atomic E-state index is 0.583. The van der Waals surface area contributed by atoms with Crippen molar-refractivity contribution in [1.29, 1.82) is 0 Å². The van der Waals surface area contributed by atoms with Gasteiger partial charge in [0, 0.05) is 15.8 Å². The van der Waals surface area contributed by atoms with E-state index in [0.717, 1.165) is 25.8 Å². The highest BCUT2D eigenvalue weighted by molar-refractivity contribution is 7.11. The standard InChI is InChI=1S/C19H27NS/c1-4-18-12-13-19(21-18)14-17(20-5-2)11-10-16-8-6-15(3)7-9-16/h6-9,12-13,17,20H,4-5,10-11,14H2,1-3H3. The molecule has 0 aliphatic heterocycles. The molecular weight excluding hydrogens is 274 g/mol. The van der Waals surface area contributed by atoms with Crippen molar-refractivity contribution in [3.05, 3.63) is 57.3 Å². The zero-order chi connectivity index (χ0) is 15.1. The lowest BCUT2D eigenvalue weighted by molar-refractivity contribution is 0.494. The van der Waals surface area contributed by atoms with Gasteiger partial charge in [-0.3, -0.25) is 0 Å². The van der Waals surface area contributed by atoms with Crippen molar-refractivity contribution >= 4 is 11.3 Å². The lowest BCUT2D eigenvalue weighted by Gasteiger charge is -2.17. The van der Waals surface area contributed by atoms with Crippen LogP contribution in [0.5, 0.6) is 0 Å². The Kier molecular flexibility index (Phi) is 6.47. The van der Waals surface area contributed by atoms with Crippen molar-refractivity contribution < 1.29 is 0 Å². The molecule has 2 aromatic rings. The van der Waals surface area contributed by atoms with E-state index in [1.54, 1.807) is 0 Å². The molecule has 1 atom stereocenters. The summed E-state index contributed by atoms with van der Waals surface area (Å²) in [6.45, 7) is 7.62. The molecule has 1 N–H and O–H groups in total. The molecule has 2 rings (SSSR count). The molecule has 0 radical (unpaired) electrons. The van der Waals surface area contributed by atoms with E-state index >= 15 is 0 Å². The second kappa shape index (κ2) is 8.35. The highest BCUT2D eigenvalue weighted by atomic mass is 32.1. The summed E-state index contributed by atoms with van der Waals surface area (Å²) >= 11 is 1.97. The van der Waals surface area contributed by atoms with Crippen LogP contribution in [0.25, 0.3) is 0 Å². The van der Waals surface area contributed by atoms with Crippen LogP contribution in [0.2, 0.25) is 0 Å². The Morgan fingerprint density at radius 3 is 2.33 bits per heavy atom. The fraction of sp³-hybridized carbons (Fsp3) is 0.474. The normalized spacial score (nSPS) is 12.5. The predicted octanol–water partition coefficient (Wildman–Crippen LogP) is 4.77. The van der Waals surface area contributed by atoms with Crippen LogP contribution in [0.4, 0.5) is 0 Å². The van der Waals surface area contributed by atoms with Crippen molar-refractivity contribution in [3.8, 4) is 0 Å². The molecule has 0 saturated heterocycles. The Bertz CT molecular complexity index is 527. The molecule has 2 heteroatoms. The lowest BCUT2D eigenvalue weighted by Crippen LogP contribution is -2.31. The van der Waals surface area contributed by atoms with Gasteiger partial charge in [0.15, 0.2) is 0 Å². The maximum Gasteiger partial charge on any atom is 0.0118 e. The van der Waals surface area contributed by atoms with Crippen LogP contribution in [-0.2, 0) is 19.3 Å². The number of likely N-dealkylation sites (N-methyl/N-ethyl adjacent to an activating group) is 1. The van der Waals surface area contributed by atoms with Crippen LogP contribution in [0.15, 0.2) is 36.4 Å². The monoisotopic (exact) mass is 301 g/mol. The molecule has 1 aromatic carbocycles. The van der Waals surface area contributed by atoms with Gasteiger partial charge in [-0.05, 0) is 56.8 Å². The zero-order valence-electron chi connectivity index (χ0n) is 13.5. The van der Waals surface area contributed by atoms with E-state index in [0.29, 0.717) is 6.04 Å². The Labute approximate surface area is 133 Å². The Hall–Kier alpha value is -1.12. The average Bonchev–Trinajstić information content (AvgIpc) is 2.94. The lowest BCUT2D eigenvalue weighted by atomic mass is 10.0. The molecule has 1 aromatic heterocycles. The summed E-state index contributed by atoms with van der Waals surface area (Å²) in [5, 5.41) is 3.65. The van der Waals surface area contributed by atoms with E-state index in [4.69, 9.17) is 0 Å². The largest absolute Gasteiger partial charge is 0.314 e. The summed E-state index contributed by atoms with van der Waals surface area (Å²) in [5.41, 5.74) is 2.79. The predicted molar refractivity (Wildman–Crippen MR) is 94.4 cm³/mol. The van der Waals surface area contributed by atoms with Crippen LogP contribution in [0.1, 0.15) is 41.1 Å². The number of thiophene rings is 1. The highest BCUT2D eigenvalue weighted by Crippen LogP contribution is 2.20. The Morgan fingerprint density at radius 1 is 1.00 bits per heavy atom. The quantitative estimate of drug-likeness (QED) is 0.740. The Balaban J connectivity index is 1.90. The summed E-state index contributed by atoms with van der Waals surface area (Å²) in [6, 6.07) is 14.1. The van der Waals surface area contributed by atoms with Crippen molar-refractivity contribution in [1.82, 2.24) is 5.32 Å². The maximum absolute atomic E-state index is 3.65. The van der Waals surface area contributed by atoms with Crippen molar-refractivity contribution in [2.45, 2.75) is 52.5 Å². The highest BCUT2D eigenvalue weighted by Gasteiger charge is 2.10. The van der Waals surface area contributed by atoms with Gasteiger partial charge >= 0.3 is 0 Å². The Morgan fingerprint density at radius 2 is 1.71 bits per heavy atom. The molecule has 0 aliphatic carbocycles. The maximum atomic E-state index is 3.65. The van der Waals surface area contributed by atoms with Gasteiger partial charge in [-0.15, -0.1) is 11.3 Å². The molecule has 114 valence electrons. The van der Waals surface area contributed by atoms with Crippen LogP contribution >= 0.6 is 11.3 Å². The first kappa shape index (κ1) is 16.3. The summed E-state index contributed by atoms with van der Waals surface area (Å²) in [6.07, 6.45) is 4.67.